The molecule has 2 aromatic rings. The van der Waals surface area contributed by atoms with Gasteiger partial charge in [-0.1, -0.05) is 18.2 Å². The van der Waals surface area contributed by atoms with Crippen LogP contribution in [0.2, 0.25) is 0 Å². The molecule has 2 bridgehead atoms. The summed E-state index contributed by atoms with van der Waals surface area (Å²) < 4.78 is 5.84. The molecule has 2 fully saturated rings. The summed E-state index contributed by atoms with van der Waals surface area (Å²) in [4.78, 5) is 17.0. The Kier molecular flexibility index (Phi) is 2.81. The van der Waals surface area contributed by atoms with Gasteiger partial charge in [-0.3, -0.25) is 9.78 Å². The predicted molar refractivity (Wildman–Crippen MR) is 76.7 cm³/mol. The van der Waals surface area contributed by atoms with Crippen molar-refractivity contribution >= 4 is 16.6 Å². The van der Waals surface area contributed by atoms with Crippen LogP contribution < -0.4 is 0 Å². The lowest BCUT2D eigenvalue weighted by molar-refractivity contribution is -0.0148. The second-order valence-electron chi connectivity index (χ2n) is 5.89. The van der Waals surface area contributed by atoms with Gasteiger partial charge in [-0.15, -0.1) is 0 Å². The summed E-state index contributed by atoms with van der Waals surface area (Å²) in [5.74, 6) is 0.405. The summed E-state index contributed by atoms with van der Waals surface area (Å²) in [5, 5.41) is 2.06. The van der Waals surface area contributed by atoms with Gasteiger partial charge in [0, 0.05) is 29.3 Å². The normalized spacial score (nSPS) is 28.7. The first kappa shape index (κ1) is 12.0. The van der Waals surface area contributed by atoms with E-state index >= 15 is 0 Å². The third kappa shape index (κ3) is 1.93. The van der Waals surface area contributed by atoms with Crippen molar-refractivity contribution in [3.05, 3.63) is 42.2 Å². The molecule has 0 N–H and O–H groups in total. The van der Waals surface area contributed by atoms with Gasteiger partial charge in [-0.25, -0.2) is 0 Å². The van der Waals surface area contributed by atoms with Crippen LogP contribution in [0.25, 0.3) is 10.8 Å². The van der Waals surface area contributed by atoms with Gasteiger partial charge < -0.3 is 4.74 Å². The monoisotopic (exact) mass is 267 g/mol. The molecule has 0 aliphatic carbocycles. The zero-order chi connectivity index (χ0) is 13.5. The molecule has 3 nitrogen and oxygen atoms in total. The summed E-state index contributed by atoms with van der Waals surface area (Å²) in [6.07, 6.45) is 8.20. The molecule has 1 aromatic carbocycles. The number of aromatic nitrogens is 1. The number of hydrogen-bond donors (Lipinski definition) is 0. The van der Waals surface area contributed by atoms with Crippen LogP contribution in [0.3, 0.4) is 0 Å². The molecule has 20 heavy (non-hydrogen) atoms. The number of carbonyl (C=O) groups is 1. The highest BCUT2D eigenvalue weighted by atomic mass is 16.5. The van der Waals surface area contributed by atoms with Crippen molar-refractivity contribution < 1.29 is 9.53 Å². The number of Topliss-reactive ketones (excluding diaryl/α,β-unsaturated/α-hetero) is 1. The lowest BCUT2D eigenvalue weighted by Gasteiger charge is -2.27. The third-order valence-electron chi connectivity index (χ3n) is 4.61. The minimum absolute atomic E-state index is 0.125. The summed E-state index contributed by atoms with van der Waals surface area (Å²) in [7, 11) is 0. The average Bonchev–Trinajstić information content (AvgIpc) is 2.84. The van der Waals surface area contributed by atoms with E-state index in [4.69, 9.17) is 4.74 Å². The molecule has 0 radical (unpaired) electrons. The Hall–Kier alpha value is -1.74. The van der Waals surface area contributed by atoms with Gasteiger partial charge >= 0.3 is 0 Å². The summed E-state index contributed by atoms with van der Waals surface area (Å²) in [5.41, 5.74) is 0.844. The van der Waals surface area contributed by atoms with E-state index in [1.165, 1.54) is 0 Å². The zero-order valence-corrected chi connectivity index (χ0v) is 11.3. The van der Waals surface area contributed by atoms with Crippen molar-refractivity contribution in [3.63, 3.8) is 0 Å². The summed E-state index contributed by atoms with van der Waals surface area (Å²) in [6, 6.07) is 7.84. The second-order valence-corrected chi connectivity index (χ2v) is 5.89. The Morgan fingerprint density at radius 3 is 2.75 bits per heavy atom. The third-order valence-corrected chi connectivity index (χ3v) is 4.61. The summed E-state index contributed by atoms with van der Waals surface area (Å²) in [6.45, 7) is 0. The fraction of sp³-hybridized carbons (Fsp3) is 0.412. The van der Waals surface area contributed by atoms with Crippen LogP contribution in [0.4, 0.5) is 0 Å². The maximum Gasteiger partial charge on any atom is 0.166 e. The fourth-order valence-corrected chi connectivity index (χ4v) is 3.63. The molecule has 2 atom stereocenters. The smallest absolute Gasteiger partial charge is 0.166 e. The summed E-state index contributed by atoms with van der Waals surface area (Å²) >= 11 is 0. The Morgan fingerprint density at radius 2 is 1.95 bits per heavy atom. The largest absolute Gasteiger partial charge is 0.375 e. The molecule has 3 heterocycles. The minimum atomic E-state index is 0.125. The van der Waals surface area contributed by atoms with Crippen LogP contribution in [-0.4, -0.2) is 23.0 Å². The van der Waals surface area contributed by atoms with Crippen molar-refractivity contribution in [2.45, 2.75) is 37.9 Å². The average molecular weight is 267 g/mol. The van der Waals surface area contributed by atoms with Gasteiger partial charge in [0.05, 0.1) is 12.2 Å². The molecule has 3 heteroatoms. The van der Waals surface area contributed by atoms with E-state index in [-0.39, 0.29) is 11.7 Å². The Labute approximate surface area is 118 Å². The number of fused-ring (bicyclic) bond motifs is 3. The maximum absolute atomic E-state index is 12.9. The van der Waals surface area contributed by atoms with Gasteiger partial charge in [0.1, 0.15) is 0 Å². The van der Waals surface area contributed by atoms with E-state index in [9.17, 15) is 4.79 Å². The van der Waals surface area contributed by atoms with Crippen molar-refractivity contribution in [1.82, 2.24) is 4.98 Å². The molecule has 2 unspecified atom stereocenters. The highest BCUT2D eigenvalue weighted by Crippen LogP contribution is 2.37. The first-order valence-electron chi connectivity index (χ1n) is 7.33. The van der Waals surface area contributed by atoms with Crippen LogP contribution in [0, 0.1) is 5.92 Å². The quantitative estimate of drug-likeness (QED) is 0.783. The van der Waals surface area contributed by atoms with Crippen LogP contribution in [-0.2, 0) is 4.74 Å². The molecule has 0 saturated carbocycles. The van der Waals surface area contributed by atoms with Gasteiger partial charge in [0.25, 0.3) is 0 Å². The Bertz CT molecular complexity index is 650. The molecular weight excluding hydrogens is 250 g/mol. The fourth-order valence-electron chi connectivity index (χ4n) is 3.63. The van der Waals surface area contributed by atoms with Crippen LogP contribution in [0.15, 0.2) is 36.7 Å². The number of carbonyl (C=O) groups excluding carboxylic acids is 1. The number of rotatable bonds is 2. The second kappa shape index (κ2) is 4.67. The standard InChI is InChI=1S/C17H17NO2/c19-17(12-8-13-4-5-14(9-12)20-13)16-3-1-2-11-10-18-7-6-15(11)16/h1-3,6-7,10,12-14H,4-5,8-9H2. The molecule has 2 aliphatic rings. The minimum Gasteiger partial charge on any atom is -0.375 e. The predicted octanol–water partition coefficient (Wildman–Crippen LogP) is 3.38. The maximum atomic E-state index is 12.9. The Morgan fingerprint density at radius 1 is 1.15 bits per heavy atom. The van der Waals surface area contributed by atoms with Crippen LogP contribution in [0.5, 0.6) is 0 Å². The molecule has 2 aliphatic heterocycles. The van der Waals surface area contributed by atoms with E-state index < -0.39 is 0 Å². The number of nitrogens with zero attached hydrogens (tertiary/aromatic N) is 1. The number of hydrogen-bond acceptors (Lipinski definition) is 3. The van der Waals surface area contributed by atoms with Crippen molar-refractivity contribution in [3.8, 4) is 0 Å². The SMILES string of the molecule is O=C(c1cccc2cnccc12)C1CC2CCC(C1)O2. The van der Waals surface area contributed by atoms with Gasteiger partial charge in [-0.05, 0) is 37.1 Å². The molecule has 4 rings (SSSR count). The highest BCUT2D eigenvalue weighted by molar-refractivity contribution is 6.09. The van der Waals surface area contributed by atoms with E-state index in [0.717, 1.165) is 42.0 Å². The van der Waals surface area contributed by atoms with Crippen molar-refractivity contribution in [2.24, 2.45) is 5.92 Å². The number of benzene rings is 1. The molecule has 102 valence electrons. The first-order chi connectivity index (χ1) is 9.81. The molecule has 1 aromatic heterocycles. The van der Waals surface area contributed by atoms with Crippen LogP contribution >= 0.6 is 0 Å². The van der Waals surface area contributed by atoms with Crippen molar-refractivity contribution in [2.75, 3.05) is 0 Å². The zero-order valence-electron chi connectivity index (χ0n) is 11.3. The van der Waals surface area contributed by atoms with Crippen LogP contribution in [0.1, 0.15) is 36.0 Å². The molecule has 0 spiro atoms. The molecule has 0 amide bonds. The number of ketones is 1. The van der Waals surface area contributed by atoms with E-state index in [2.05, 4.69) is 4.98 Å². The van der Waals surface area contributed by atoms with Gasteiger partial charge in [-0.2, -0.15) is 0 Å². The number of pyridine rings is 1. The topological polar surface area (TPSA) is 39.2 Å². The lowest BCUT2D eigenvalue weighted by atomic mass is 9.86. The van der Waals surface area contributed by atoms with E-state index in [1.54, 1.807) is 6.20 Å². The molecular formula is C17H17NO2. The highest BCUT2D eigenvalue weighted by Gasteiger charge is 2.38. The molecule has 2 saturated heterocycles. The Balaban J connectivity index is 1.70. The van der Waals surface area contributed by atoms with E-state index in [0.29, 0.717) is 12.2 Å². The lowest BCUT2D eigenvalue weighted by Crippen LogP contribution is -2.30. The first-order valence-corrected chi connectivity index (χ1v) is 7.33. The van der Waals surface area contributed by atoms with E-state index in [1.807, 2.05) is 30.5 Å². The van der Waals surface area contributed by atoms with Crippen molar-refractivity contribution in [1.29, 1.82) is 0 Å². The van der Waals surface area contributed by atoms with Gasteiger partial charge in [0.15, 0.2) is 5.78 Å². The number of ether oxygens (including phenoxy) is 1. The van der Waals surface area contributed by atoms with Gasteiger partial charge in [0.2, 0.25) is 0 Å².